The first kappa shape index (κ1) is 18.3. The molecule has 28 heavy (non-hydrogen) atoms. The monoisotopic (exact) mass is 415 g/mol. The highest BCUT2D eigenvalue weighted by atomic mass is 35.5. The zero-order valence-electron chi connectivity index (χ0n) is 15.6. The summed E-state index contributed by atoms with van der Waals surface area (Å²) in [5, 5.41) is 4.19. The SMILES string of the molecule is O=C(Nc1ccc(-c2cc(Cl)ccc2Cl)cc1)OC12CC3CC(CC(C3)C1)C2. The number of benzene rings is 2. The van der Waals surface area contributed by atoms with Crippen LogP contribution >= 0.6 is 23.2 Å². The van der Waals surface area contributed by atoms with Crippen molar-refractivity contribution >= 4 is 35.0 Å². The van der Waals surface area contributed by atoms with Gasteiger partial charge >= 0.3 is 6.09 Å². The predicted molar refractivity (Wildman–Crippen MR) is 113 cm³/mol. The van der Waals surface area contributed by atoms with E-state index in [4.69, 9.17) is 27.9 Å². The first-order valence-corrected chi connectivity index (χ1v) is 10.8. The standard InChI is InChI=1S/C23H23Cl2NO2/c24-18-3-6-21(25)20(10-18)17-1-4-19(5-2-17)26-22(27)28-23-11-14-7-15(12-23)9-16(8-14)13-23/h1-6,10,14-16H,7-9,11-13H2,(H,26,27). The number of nitrogens with one attached hydrogen (secondary N) is 1. The van der Waals surface area contributed by atoms with Crippen molar-refractivity contribution in [1.29, 1.82) is 0 Å². The molecule has 146 valence electrons. The van der Waals surface area contributed by atoms with Crippen LogP contribution in [-0.2, 0) is 4.74 Å². The molecule has 0 heterocycles. The minimum Gasteiger partial charge on any atom is -0.443 e. The van der Waals surface area contributed by atoms with Crippen LogP contribution in [0.5, 0.6) is 0 Å². The van der Waals surface area contributed by atoms with Gasteiger partial charge in [-0.15, -0.1) is 0 Å². The Labute approximate surface area is 175 Å². The Morgan fingerprint density at radius 1 is 0.929 bits per heavy atom. The zero-order valence-corrected chi connectivity index (χ0v) is 17.1. The molecule has 4 fully saturated rings. The van der Waals surface area contributed by atoms with Gasteiger partial charge in [0.1, 0.15) is 5.60 Å². The largest absolute Gasteiger partial charge is 0.443 e. The van der Waals surface area contributed by atoms with E-state index in [-0.39, 0.29) is 11.7 Å². The van der Waals surface area contributed by atoms with E-state index in [2.05, 4.69) is 5.32 Å². The second-order valence-corrected chi connectivity index (χ2v) is 9.66. The maximum atomic E-state index is 12.6. The molecule has 2 aromatic rings. The Morgan fingerprint density at radius 3 is 2.14 bits per heavy atom. The van der Waals surface area contributed by atoms with Gasteiger partial charge in [-0.25, -0.2) is 4.79 Å². The van der Waals surface area contributed by atoms with Gasteiger partial charge in [0.05, 0.1) is 0 Å². The van der Waals surface area contributed by atoms with E-state index in [1.807, 2.05) is 30.3 Å². The summed E-state index contributed by atoms with van der Waals surface area (Å²) in [5.74, 6) is 2.25. The number of hydrogen-bond acceptors (Lipinski definition) is 2. The fourth-order valence-corrected chi connectivity index (χ4v) is 6.35. The van der Waals surface area contributed by atoms with Crippen molar-refractivity contribution in [3.8, 4) is 11.1 Å². The van der Waals surface area contributed by atoms with Crippen molar-refractivity contribution in [2.45, 2.75) is 44.1 Å². The summed E-state index contributed by atoms with van der Waals surface area (Å²) < 4.78 is 6.02. The van der Waals surface area contributed by atoms with Crippen molar-refractivity contribution < 1.29 is 9.53 Å². The summed E-state index contributed by atoms with van der Waals surface area (Å²) in [4.78, 5) is 12.6. The van der Waals surface area contributed by atoms with E-state index < -0.39 is 0 Å². The van der Waals surface area contributed by atoms with E-state index in [0.717, 1.165) is 53.8 Å². The molecule has 0 unspecified atom stereocenters. The van der Waals surface area contributed by atoms with Gasteiger partial charge in [-0.2, -0.15) is 0 Å². The molecule has 2 aromatic carbocycles. The van der Waals surface area contributed by atoms with Gasteiger partial charge < -0.3 is 4.74 Å². The van der Waals surface area contributed by atoms with Crippen molar-refractivity contribution in [3.63, 3.8) is 0 Å². The van der Waals surface area contributed by atoms with Crippen LogP contribution < -0.4 is 5.32 Å². The lowest BCUT2D eigenvalue weighted by atomic mass is 9.54. The molecule has 4 aliphatic carbocycles. The highest BCUT2D eigenvalue weighted by Crippen LogP contribution is 2.57. The van der Waals surface area contributed by atoms with E-state index in [0.29, 0.717) is 10.0 Å². The number of hydrogen-bond donors (Lipinski definition) is 1. The van der Waals surface area contributed by atoms with Gasteiger partial charge in [-0.05, 0) is 92.2 Å². The lowest BCUT2D eigenvalue weighted by Gasteiger charge is -2.55. The van der Waals surface area contributed by atoms with Crippen LogP contribution in [-0.4, -0.2) is 11.7 Å². The predicted octanol–water partition coefficient (Wildman–Crippen LogP) is 7.18. The molecule has 6 rings (SSSR count). The van der Waals surface area contributed by atoms with Crippen LogP contribution in [0.1, 0.15) is 38.5 Å². The average molecular weight is 416 g/mol. The molecule has 0 radical (unpaired) electrons. The molecular weight excluding hydrogens is 393 g/mol. The number of amides is 1. The topological polar surface area (TPSA) is 38.3 Å². The first-order chi connectivity index (χ1) is 13.5. The molecular formula is C23H23Cl2NO2. The van der Waals surface area contributed by atoms with Crippen LogP contribution in [0.4, 0.5) is 10.5 Å². The Bertz CT molecular complexity index is 874. The molecule has 1 amide bonds. The lowest BCUT2D eigenvalue weighted by molar-refractivity contribution is -0.124. The second kappa shape index (κ2) is 6.96. The normalized spacial score (nSPS) is 30.3. The van der Waals surface area contributed by atoms with Gasteiger partial charge in [-0.3, -0.25) is 5.32 Å². The van der Waals surface area contributed by atoms with Crippen molar-refractivity contribution in [1.82, 2.24) is 0 Å². The summed E-state index contributed by atoms with van der Waals surface area (Å²) in [6.07, 6.45) is 6.78. The summed E-state index contributed by atoms with van der Waals surface area (Å²) >= 11 is 12.4. The molecule has 0 aromatic heterocycles. The lowest BCUT2D eigenvalue weighted by Crippen LogP contribution is -2.53. The molecule has 5 heteroatoms. The molecule has 0 spiro atoms. The maximum Gasteiger partial charge on any atom is 0.412 e. The molecule has 0 aliphatic heterocycles. The maximum absolute atomic E-state index is 12.6. The quantitative estimate of drug-likeness (QED) is 0.576. The van der Waals surface area contributed by atoms with E-state index in [9.17, 15) is 4.79 Å². The van der Waals surface area contributed by atoms with Gasteiger partial charge in [0.25, 0.3) is 0 Å². The molecule has 0 atom stereocenters. The third kappa shape index (κ3) is 3.51. The molecule has 4 saturated carbocycles. The van der Waals surface area contributed by atoms with E-state index in [1.165, 1.54) is 19.3 Å². The third-order valence-electron chi connectivity index (χ3n) is 6.66. The Balaban J connectivity index is 1.26. The van der Waals surface area contributed by atoms with E-state index in [1.54, 1.807) is 12.1 Å². The molecule has 4 aliphatic rings. The Morgan fingerprint density at radius 2 is 1.54 bits per heavy atom. The number of rotatable bonds is 3. The second-order valence-electron chi connectivity index (χ2n) is 8.82. The van der Waals surface area contributed by atoms with E-state index >= 15 is 0 Å². The van der Waals surface area contributed by atoms with Crippen LogP contribution in [0.2, 0.25) is 10.0 Å². The summed E-state index contributed by atoms with van der Waals surface area (Å²) in [5.41, 5.74) is 2.31. The zero-order chi connectivity index (χ0) is 19.3. The summed E-state index contributed by atoms with van der Waals surface area (Å²) in [6, 6.07) is 13.0. The van der Waals surface area contributed by atoms with Gasteiger partial charge in [0.2, 0.25) is 0 Å². The molecule has 0 saturated heterocycles. The van der Waals surface area contributed by atoms with Gasteiger partial charge in [0, 0.05) is 21.3 Å². The van der Waals surface area contributed by atoms with Gasteiger partial charge in [-0.1, -0.05) is 35.3 Å². The Hall–Kier alpha value is -1.71. The number of halogens is 2. The van der Waals surface area contributed by atoms with Crippen molar-refractivity contribution in [3.05, 3.63) is 52.5 Å². The third-order valence-corrected chi connectivity index (χ3v) is 7.23. The molecule has 1 N–H and O–H groups in total. The minimum absolute atomic E-state index is 0.229. The van der Waals surface area contributed by atoms with Crippen molar-refractivity contribution in [2.75, 3.05) is 5.32 Å². The fourth-order valence-electron chi connectivity index (χ4n) is 5.95. The summed E-state index contributed by atoms with van der Waals surface area (Å²) in [6.45, 7) is 0. The molecule has 3 nitrogen and oxygen atoms in total. The number of carbonyl (C=O) groups excluding carboxylic acids is 1. The fraction of sp³-hybridized carbons (Fsp3) is 0.435. The summed E-state index contributed by atoms with van der Waals surface area (Å²) in [7, 11) is 0. The number of anilines is 1. The van der Waals surface area contributed by atoms with Gasteiger partial charge in [0.15, 0.2) is 0 Å². The van der Waals surface area contributed by atoms with Crippen LogP contribution in [0, 0.1) is 17.8 Å². The van der Waals surface area contributed by atoms with Crippen molar-refractivity contribution in [2.24, 2.45) is 17.8 Å². The smallest absolute Gasteiger partial charge is 0.412 e. The highest BCUT2D eigenvalue weighted by molar-refractivity contribution is 6.35. The molecule has 4 bridgehead atoms. The van der Waals surface area contributed by atoms with Crippen LogP contribution in [0.25, 0.3) is 11.1 Å². The number of carbonyl (C=O) groups is 1. The van der Waals surface area contributed by atoms with Crippen LogP contribution in [0.15, 0.2) is 42.5 Å². The van der Waals surface area contributed by atoms with Crippen LogP contribution in [0.3, 0.4) is 0 Å². The first-order valence-electron chi connectivity index (χ1n) is 10.0. The Kier molecular flexibility index (Phi) is 4.56. The number of ether oxygens (including phenoxy) is 1. The highest BCUT2D eigenvalue weighted by Gasteiger charge is 2.53. The average Bonchev–Trinajstić information content (AvgIpc) is 2.63. The minimum atomic E-state index is -0.338.